The second-order valence-electron chi connectivity index (χ2n) is 5.36. The number of amides is 1. The summed E-state index contributed by atoms with van der Waals surface area (Å²) in [5, 5.41) is 0. The molecule has 1 aliphatic rings. The van der Waals surface area contributed by atoms with Crippen LogP contribution < -0.4 is 0 Å². The van der Waals surface area contributed by atoms with Crippen LogP contribution in [0.3, 0.4) is 0 Å². The molecule has 2 heterocycles. The van der Waals surface area contributed by atoms with Crippen LogP contribution in [0.2, 0.25) is 0 Å². The van der Waals surface area contributed by atoms with Crippen molar-refractivity contribution in [3.63, 3.8) is 0 Å². The highest BCUT2D eigenvalue weighted by Gasteiger charge is 2.25. The molecule has 1 aliphatic heterocycles. The molecule has 98 valence electrons. The van der Waals surface area contributed by atoms with Crippen molar-refractivity contribution < 1.29 is 4.79 Å². The van der Waals surface area contributed by atoms with Crippen molar-refractivity contribution in [3.05, 3.63) is 24.3 Å². The summed E-state index contributed by atoms with van der Waals surface area (Å²) in [6.45, 7) is 5.86. The molecule has 1 aromatic rings. The molecule has 0 aromatic carbocycles. The molecule has 0 bridgehead atoms. The van der Waals surface area contributed by atoms with Crippen molar-refractivity contribution >= 4 is 5.91 Å². The maximum absolute atomic E-state index is 11.9. The summed E-state index contributed by atoms with van der Waals surface area (Å²) in [6, 6.07) is 1.84. The number of rotatable bonds is 3. The van der Waals surface area contributed by atoms with Gasteiger partial charge in [-0.15, -0.1) is 0 Å². The molecule has 1 saturated heterocycles. The Hall–Kier alpha value is -1.45. The zero-order chi connectivity index (χ0) is 13.0. The number of carbonyl (C=O) groups excluding carboxylic acids is 1. The second kappa shape index (κ2) is 5.94. The maximum atomic E-state index is 11.9. The van der Waals surface area contributed by atoms with Gasteiger partial charge in [0.2, 0.25) is 5.91 Å². The van der Waals surface area contributed by atoms with Crippen LogP contribution in [0.1, 0.15) is 44.9 Å². The van der Waals surface area contributed by atoms with Crippen molar-refractivity contribution in [3.8, 4) is 0 Å². The molecular weight excluding hydrogens is 226 g/mol. The summed E-state index contributed by atoms with van der Waals surface area (Å²) in [7, 11) is 0. The predicted octanol–water partition coefficient (Wildman–Crippen LogP) is 2.23. The minimum atomic E-state index is 0.289. The topological polar surface area (TPSA) is 46.1 Å². The van der Waals surface area contributed by atoms with Crippen LogP contribution in [-0.4, -0.2) is 33.9 Å². The standard InChI is InChI=1S/C14H21N3O/c1-11(2)10-13(18)17-8-4-12(5-9-17)14-15-6-3-7-16-14/h3,6-7,11-12H,4-5,8-10H2,1-2H3. The Labute approximate surface area is 108 Å². The summed E-state index contributed by atoms with van der Waals surface area (Å²) in [5.74, 6) is 2.06. The largest absolute Gasteiger partial charge is 0.343 e. The van der Waals surface area contributed by atoms with Gasteiger partial charge in [0.25, 0.3) is 0 Å². The smallest absolute Gasteiger partial charge is 0.222 e. The van der Waals surface area contributed by atoms with Crippen molar-refractivity contribution in [1.29, 1.82) is 0 Å². The van der Waals surface area contributed by atoms with Gasteiger partial charge in [-0.1, -0.05) is 13.8 Å². The highest BCUT2D eigenvalue weighted by Crippen LogP contribution is 2.25. The second-order valence-corrected chi connectivity index (χ2v) is 5.36. The lowest BCUT2D eigenvalue weighted by Crippen LogP contribution is -2.38. The summed E-state index contributed by atoms with van der Waals surface area (Å²) < 4.78 is 0. The van der Waals surface area contributed by atoms with E-state index in [1.165, 1.54) is 0 Å². The van der Waals surface area contributed by atoms with Crippen molar-refractivity contribution in [2.75, 3.05) is 13.1 Å². The fraction of sp³-hybridized carbons (Fsp3) is 0.643. The molecule has 0 N–H and O–H groups in total. The van der Waals surface area contributed by atoms with Crippen molar-refractivity contribution in [2.24, 2.45) is 5.92 Å². The molecule has 1 fully saturated rings. The van der Waals surface area contributed by atoms with Crippen LogP contribution in [0.4, 0.5) is 0 Å². The van der Waals surface area contributed by atoms with Gasteiger partial charge in [0, 0.05) is 37.8 Å². The van der Waals surface area contributed by atoms with E-state index in [1.54, 1.807) is 12.4 Å². The third kappa shape index (κ3) is 3.28. The highest BCUT2D eigenvalue weighted by atomic mass is 16.2. The van der Waals surface area contributed by atoms with E-state index in [4.69, 9.17) is 0 Å². The van der Waals surface area contributed by atoms with Gasteiger partial charge in [-0.05, 0) is 24.8 Å². The molecule has 0 saturated carbocycles. The quantitative estimate of drug-likeness (QED) is 0.822. The first kappa shape index (κ1) is 13.0. The average molecular weight is 247 g/mol. The van der Waals surface area contributed by atoms with Gasteiger partial charge in [-0.25, -0.2) is 9.97 Å². The fourth-order valence-electron chi connectivity index (χ4n) is 2.39. The Morgan fingerprint density at radius 1 is 1.33 bits per heavy atom. The van der Waals surface area contributed by atoms with Gasteiger partial charge in [0.15, 0.2) is 0 Å². The summed E-state index contributed by atoms with van der Waals surface area (Å²) in [5.41, 5.74) is 0. The van der Waals surface area contributed by atoms with Gasteiger partial charge in [-0.3, -0.25) is 4.79 Å². The molecule has 4 nitrogen and oxygen atoms in total. The molecule has 2 rings (SSSR count). The molecule has 4 heteroatoms. The van der Waals surface area contributed by atoms with Gasteiger partial charge in [-0.2, -0.15) is 0 Å². The number of hydrogen-bond acceptors (Lipinski definition) is 3. The number of aromatic nitrogens is 2. The number of hydrogen-bond donors (Lipinski definition) is 0. The number of nitrogens with zero attached hydrogens (tertiary/aromatic N) is 3. The van der Waals surface area contributed by atoms with Crippen LogP contribution in [0.15, 0.2) is 18.5 Å². The lowest BCUT2D eigenvalue weighted by Gasteiger charge is -2.31. The predicted molar refractivity (Wildman–Crippen MR) is 70.0 cm³/mol. The molecular formula is C14H21N3O. The number of piperidine rings is 1. The van der Waals surface area contributed by atoms with E-state index in [1.807, 2.05) is 11.0 Å². The van der Waals surface area contributed by atoms with Gasteiger partial charge < -0.3 is 4.90 Å². The third-order valence-corrected chi connectivity index (χ3v) is 3.38. The number of carbonyl (C=O) groups is 1. The Kier molecular flexibility index (Phi) is 4.28. The van der Waals surface area contributed by atoms with Crippen molar-refractivity contribution in [1.82, 2.24) is 14.9 Å². The molecule has 18 heavy (non-hydrogen) atoms. The lowest BCUT2D eigenvalue weighted by molar-refractivity contribution is -0.133. The monoisotopic (exact) mass is 247 g/mol. The van der Waals surface area contributed by atoms with E-state index in [0.717, 1.165) is 31.8 Å². The Morgan fingerprint density at radius 2 is 1.94 bits per heavy atom. The first-order valence-corrected chi connectivity index (χ1v) is 6.71. The van der Waals surface area contributed by atoms with E-state index in [9.17, 15) is 4.79 Å². The van der Waals surface area contributed by atoms with Crippen LogP contribution >= 0.6 is 0 Å². The van der Waals surface area contributed by atoms with Gasteiger partial charge in [0.1, 0.15) is 5.82 Å². The number of likely N-dealkylation sites (tertiary alicyclic amines) is 1. The molecule has 0 unspecified atom stereocenters. The van der Waals surface area contributed by atoms with Crippen LogP contribution in [0.25, 0.3) is 0 Å². The Morgan fingerprint density at radius 3 is 2.50 bits per heavy atom. The van der Waals surface area contributed by atoms with Crippen molar-refractivity contribution in [2.45, 2.75) is 39.0 Å². The first-order chi connectivity index (χ1) is 8.66. The molecule has 0 radical (unpaired) electrons. The zero-order valence-corrected chi connectivity index (χ0v) is 11.2. The molecule has 0 spiro atoms. The molecule has 0 atom stereocenters. The average Bonchev–Trinajstić information content (AvgIpc) is 2.39. The third-order valence-electron chi connectivity index (χ3n) is 3.38. The van der Waals surface area contributed by atoms with E-state index in [0.29, 0.717) is 18.3 Å². The van der Waals surface area contributed by atoms with Crippen LogP contribution in [0, 0.1) is 5.92 Å². The summed E-state index contributed by atoms with van der Waals surface area (Å²) >= 11 is 0. The van der Waals surface area contributed by atoms with E-state index < -0.39 is 0 Å². The van der Waals surface area contributed by atoms with E-state index >= 15 is 0 Å². The minimum absolute atomic E-state index is 0.289. The zero-order valence-electron chi connectivity index (χ0n) is 11.2. The highest BCUT2D eigenvalue weighted by molar-refractivity contribution is 5.76. The first-order valence-electron chi connectivity index (χ1n) is 6.71. The lowest BCUT2D eigenvalue weighted by atomic mass is 9.95. The molecule has 0 aliphatic carbocycles. The van der Waals surface area contributed by atoms with Gasteiger partial charge >= 0.3 is 0 Å². The minimum Gasteiger partial charge on any atom is -0.343 e. The maximum Gasteiger partial charge on any atom is 0.222 e. The molecule has 1 amide bonds. The summed E-state index contributed by atoms with van der Waals surface area (Å²) in [4.78, 5) is 22.5. The van der Waals surface area contributed by atoms with Gasteiger partial charge in [0.05, 0.1) is 0 Å². The fourth-order valence-corrected chi connectivity index (χ4v) is 2.39. The Bertz CT molecular complexity index is 383. The Balaban J connectivity index is 1.87. The van der Waals surface area contributed by atoms with Crippen LogP contribution in [-0.2, 0) is 4.79 Å². The van der Waals surface area contributed by atoms with Crippen LogP contribution in [0.5, 0.6) is 0 Å². The normalized spacial score (nSPS) is 17.2. The molecule has 1 aromatic heterocycles. The van der Waals surface area contributed by atoms with E-state index in [-0.39, 0.29) is 5.91 Å². The SMILES string of the molecule is CC(C)CC(=O)N1CCC(c2ncccn2)CC1. The van der Waals surface area contributed by atoms with E-state index in [2.05, 4.69) is 23.8 Å². The summed E-state index contributed by atoms with van der Waals surface area (Å²) in [6.07, 6.45) is 6.20.